The molecule has 5 rings (SSSR count). The van der Waals surface area contributed by atoms with Crippen molar-refractivity contribution in [1.29, 1.82) is 0 Å². The van der Waals surface area contributed by atoms with Crippen LogP contribution in [0.5, 0.6) is 5.75 Å². The summed E-state index contributed by atoms with van der Waals surface area (Å²) < 4.78 is 80.9. The Hall–Kier alpha value is -4.17. The van der Waals surface area contributed by atoms with Crippen LogP contribution in [0, 0.1) is 23.6 Å². The van der Waals surface area contributed by atoms with Gasteiger partial charge in [-0.15, -0.1) is 0 Å². The van der Waals surface area contributed by atoms with Gasteiger partial charge in [0.1, 0.15) is 17.8 Å². The third-order valence-electron chi connectivity index (χ3n) is 6.53. The highest BCUT2D eigenvalue weighted by Gasteiger charge is 2.35. The molecule has 202 valence electrons. The molecule has 1 atom stereocenters. The van der Waals surface area contributed by atoms with E-state index in [1.807, 2.05) is 0 Å². The molecule has 39 heavy (non-hydrogen) atoms. The number of nitrogens with one attached hydrogen (secondary N) is 1. The average Bonchev–Trinajstić information content (AvgIpc) is 3.39. The highest BCUT2D eigenvalue weighted by Crippen LogP contribution is 2.43. The van der Waals surface area contributed by atoms with Crippen molar-refractivity contribution in [2.24, 2.45) is 5.92 Å². The SMILES string of the molecule is C=C1C=Cc2cc(S(=O)(=O)Nc3ccon3)ccc2N1c1cc(F)c(C#C[C@@H]2CCCC(F)(F)C2)cc1OC. The summed E-state index contributed by atoms with van der Waals surface area (Å²) in [5, 5.41) is 3.57. The fraction of sp³-hybridized carbons (Fsp3) is 0.250. The topological polar surface area (TPSA) is 84.7 Å². The van der Waals surface area contributed by atoms with Crippen LogP contribution < -0.4 is 14.4 Å². The predicted octanol–water partition coefficient (Wildman–Crippen LogP) is 6.48. The number of methoxy groups -OCH3 is 1. The molecule has 0 saturated heterocycles. The summed E-state index contributed by atoms with van der Waals surface area (Å²) in [7, 11) is -2.53. The van der Waals surface area contributed by atoms with Crippen molar-refractivity contribution in [3.05, 3.63) is 78.0 Å². The van der Waals surface area contributed by atoms with Crippen molar-refractivity contribution < 1.29 is 30.8 Å². The Morgan fingerprint density at radius 2 is 2.03 bits per heavy atom. The standard InChI is InChI=1S/C28H24F3N3O4S/c1-18-5-7-21-14-22(39(35,36)33-27-11-13-38-32-27)9-10-24(21)34(18)25-16-23(29)20(15-26(25)37-2)8-6-19-4-3-12-28(30,31)17-19/h5,7,9-11,13-16,19H,1,3-4,12,17H2,2H3,(H,32,33)/t19-/m0/s1. The van der Waals surface area contributed by atoms with E-state index in [4.69, 9.17) is 4.74 Å². The number of hydrogen-bond donors (Lipinski definition) is 1. The third-order valence-corrected chi connectivity index (χ3v) is 7.88. The summed E-state index contributed by atoms with van der Waals surface area (Å²) in [4.78, 5) is 1.62. The Balaban J connectivity index is 1.48. The first-order valence-corrected chi connectivity index (χ1v) is 13.6. The van der Waals surface area contributed by atoms with Crippen LogP contribution >= 0.6 is 0 Å². The Kier molecular flexibility index (Phi) is 6.91. The summed E-state index contributed by atoms with van der Waals surface area (Å²) >= 11 is 0. The van der Waals surface area contributed by atoms with Crippen LogP contribution in [0.15, 0.2) is 70.4 Å². The van der Waals surface area contributed by atoms with Crippen LogP contribution in [0.25, 0.3) is 6.08 Å². The molecular weight excluding hydrogens is 531 g/mol. The van der Waals surface area contributed by atoms with Gasteiger partial charge in [0.2, 0.25) is 5.92 Å². The fourth-order valence-electron chi connectivity index (χ4n) is 4.65. The molecule has 1 aromatic heterocycles. The summed E-state index contributed by atoms with van der Waals surface area (Å²) in [6, 6.07) is 8.49. The first-order valence-electron chi connectivity index (χ1n) is 12.1. The number of ether oxygens (including phenoxy) is 1. The maximum Gasteiger partial charge on any atom is 0.263 e. The quantitative estimate of drug-likeness (QED) is 0.363. The summed E-state index contributed by atoms with van der Waals surface area (Å²) in [6.07, 6.45) is 5.05. The second-order valence-electron chi connectivity index (χ2n) is 9.29. The van der Waals surface area contributed by atoms with Crippen LogP contribution in [0.1, 0.15) is 36.8 Å². The minimum Gasteiger partial charge on any atom is -0.495 e. The number of sulfonamides is 1. The van der Waals surface area contributed by atoms with Gasteiger partial charge < -0.3 is 14.2 Å². The van der Waals surface area contributed by atoms with Crippen molar-refractivity contribution in [2.45, 2.75) is 36.5 Å². The van der Waals surface area contributed by atoms with Gasteiger partial charge in [-0.3, -0.25) is 4.72 Å². The van der Waals surface area contributed by atoms with Gasteiger partial charge in [0.05, 0.1) is 28.9 Å². The van der Waals surface area contributed by atoms with E-state index in [1.54, 1.807) is 23.1 Å². The maximum atomic E-state index is 15.2. The molecule has 0 spiro atoms. The monoisotopic (exact) mass is 555 g/mol. The molecule has 7 nitrogen and oxygen atoms in total. The molecule has 2 aliphatic rings. The Labute approximate surface area is 224 Å². The van der Waals surface area contributed by atoms with E-state index < -0.39 is 27.7 Å². The normalized spacial score (nSPS) is 18.2. The van der Waals surface area contributed by atoms with Crippen LogP contribution in [0.2, 0.25) is 0 Å². The fourth-order valence-corrected chi connectivity index (χ4v) is 5.68. The minimum absolute atomic E-state index is 0.0154. The van der Waals surface area contributed by atoms with Crippen molar-refractivity contribution in [1.82, 2.24) is 5.16 Å². The van der Waals surface area contributed by atoms with Crippen molar-refractivity contribution >= 4 is 33.3 Å². The highest BCUT2D eigenvalue weighted by molar-refractivity contribution is 7.92. The third kappa shape index (κ3) is 5.52. The minimum atomic E-state index is -3.95. The Bertz CT molecular complexity index is 1620. The second kappa shape index (κ2) is 10.2. The molecule has 1 fully saturated rings. The number of aromatic nitrogens is 1. The number of benzene rings is 2. The van der Waals surface area contributed by atoms with Gasteiger partial charge in [0, 0.05) is 42.7 Å². The number of nitrogens with zero attached hydrogens (tertiary/aromatic N) is 2. The van der Waals surface area contributed by atoms with E-state index in [2.05, 4.69) is 32.8 Å². The lowest BCUT2D eigenvalue weighted by Crippen LogP contribution is -2.25. The smallest absolute Gasteiger partial charge is 0.263 e. The first kappa shape index (κ1) is 26.4. The highest BCUT2D eigenvalue weighted by atomic mass is 32.2. The van der Waals surface area contributed by atoms with Gasteiger partial charge in [0.15, 0.2) is 5.82 Å². The largest absolute Gasteiger partial charge is 0.495 e. The van der Waals surface area contributed by atoms with E-state index >= 15 is 4.39 Å². The Morgan fingerprint density at radius 1 is 1.21 bits per heavy atom. The van der Waals surface area contributed by atoms with E-state index in [9.17, 15) is 17.2 Å². The van der Waals surface area contributed by atoms with Gasteiger partial charge >= 0.3 is 0 Å². The summed E-state index contributed by atoms with van der Waals surface area (Å²) in [5.41, 5.74) is 1.92. The zero-order valence-electron chi connectivity index (χ0n) is 20.9. The molecule has 0 bridgehead atoms. The van der Waals surface area contributed by atoms with Crippen molar-refractivity contribution in [2.75, 3.05) is 16.7 Å². The van der Waals surface area contributed by atoms with Crippen LogP contribution in [0.4, 0.5) is 30.4 Å². The lowest BCUT2D eigenvalue weighted by Gasteiger charge is -2.31. The van der Waals surface area contributed by atoms with Gasteiger partial charge in [-0.2, -0.15) is 0 Å². The number of halogens is 3. The average molecular weight is 556 g/mol. The molecule has 2 aromatic carbocycles. The van der Waals surface area contributed by atoms with Crippen molar-refractivity contribution in [3.8, 4) is 17.6 Å². The number of rotatable bonds is 5. The van der Waals surface area contributed by atoms with Gasteiger partial charge in [0.25, 0.3) is 10.0 Å². The van der Waals surface area contributed by atoms with Gasteiger partial charge in [-0.25, -0.2) is 21.6 Å². The van der Waals surface area contributed by atoms with E-state index in [-0.39, 0.29) is 34.9 Å². The lowest BCUT2D eigenvalue weighted by molar-refractivity contribution is -0.0440. The van der Waals surface area contributed by atoms with Crippen LogP contribution in [0.3, 0.4) is 0 Å². The number of anilines is 3. The molecule has 11 heteroatoms. The van der Waals surface area contributed by atoms with Crippen LogP contribution in [-0.2, 0) is 10.0 Å². The number of hydrogen-bond acceptors (Lipinski definition) is 6. The predicted molar refractivity (Wildman–Crippen MR) is 141 cm³/mol. The number of allylic oxidation sites excluding steroid dienone is 1. The maximum absolute atomic E-state index is 15.2. The molecule has 1 aliphatic heterocycles. The van der Waals surface area contributed by atoms with E-state index in [0.29, 0.717) is 35.5 Å². The molecule has 2 heterocycles. The number of alkyl halides is 2. The molecule has 3 aromatic rings. The summed E-state index contributed by atoms with van der Waals surface area (Å²) in [6.45, 7) is 4.04. The number of fused-ring (bicyclic) bond motifs is 1. The van der Waals surface area contributed by atoms with E-state index in [1.165, 1.54) is 43.7 Å². The molecule has 1 saturated carbocycles. The molecule has 1 N–H and O–H groups in total. The zero-order chi connectivity index (χ0) is 27.8. The van der Waals surface area contributed by atoms with Gasteiger partial charge in [-0.1, -0.05) is 29.7 Å². The van der Waals surface area contributed by atoms with Crippen LogP contribution in [-0.4, -0.2) is 26.6 Å². The Morgan fingerprint density at radius 3 is 2.74 bits per heavy atom. The molecule has 0 unspecified atom stereocenters. The zero-order valence-corrected chi connectivity index (χ0v) is 21.7. The van der Waals surface area contributed by atoms with Gasteiger partial charge in [-0.05, 0) is 42.7 Å². The van der Waals surface area contributed by atoms with E-state index in [0.717, 1.165) is 0 Å². The molecule has 1 aliphatic carbocycles. The summed E-state index contributed by atoms with van der Waals surface area (Å²) in [5.74, 6) is 1.93. The molecule has 0 amide bonds. The molecular formula is C28H24F3N3O4S. The second-order valence-corrected chi connectivity index (χ2v) is 11.0. The first-order chi connectivity index (χ1) is 18.6. The molecule has 0 radical (unpaired) electrons. The lowest BCUT2D eigenvalue weighted by atomic mass is 9.87. The van der Waals surface area contributed by atoms with Crippen molar-refractivity contribution in [3.63, 3.8) is 0 Å².